The second kappa shape index (κ2) is 8.99. The van der Waals surface area contributed by atoms with Crippen LogP contribution in [0.2, 0.25) is 10.0 Å². The van der Waals surface area contributed by atoms with Gasteiger partial charge in [0.1, 0.15) is 5.60 Å². The summed E-state index contributed by atoms with van der Waals surface area (Å²) in [6.07, 6.45) is -0.816. The van der Waals surface area contributed by atoms with Crippen LogP contribution in [-0.4, -0.2) is 48.9 Å². The van der Waals surface area contributed by atoms with Crippen molar-refractivity contribution >= 4 is 35.3 Å². The zero-order valence-corrected chi connectivity index (χ0v) is 17.1. The molecule has 1 aliphatic rings. The lowest BCUT2D eigenvalue weighted by molar-refractivity contribution is 0.0231. The van der Waals surface area contributed by atoms with E-state index in [1.54, 1.807) is 17.0 Å². The Labute approximate surface area is 169 Å². The Balaban J connectivity index is 2.24. The zero-order valence-electron chi connectivity index (χ0n) is 15.6. The van der Waals surface area contributed by atoms with Crippen molar-refractivity contribution in [3.05, 3.63) is 33.8 Å². The molecule has 1 aliphatic heterocycles. The van der Waals surface area contributed by atoms with Gasteiger partial charge in [-0.3, -0.25) is 0 Å². The summed E-state index contributed by atoms with van der Waals surface area (Å²) < 4.78 is 11.5. The molecule has 2 atom stereocenters. The van der Waals surface area contributed by atoms with Crippen molar-refractivity contribution in [1.29, 1.82) is 0 Å². The average molecular weight is 418 g/mol. The van der Waals surface area contributed by atoms with Crippen molar-refractivity contribution in [2.24, 2.45) is 11.7 Å². The number of amides is 3. The Kier molecular flexibility index (Phi) is 7.19. The first-order valence-electron chi connectivity index (χ1n) is 8.64. The fourth-order valence-electron chi connectivity index (χ4n) is 2.85. The van der Waals surface area contributed by atoms with Gasteiger partial charge >= 0.3 is 12.1 Å². The molecule has 0 spiro atoms. The van der Waals surface area contributed by atoms with Crippen LogP contribution in [0.3, 0.4) is 0 Å². The summed E-state index contributed by atoms with van der Waals surface area (Å²) in [5.74, 6) is -0.246. The number of benzene rings is 1. The quantitative estimate of drug-likeness (QED) is 0.785. The molecule has 0 radical (unpaired) electrons. The molecule has 3 N–H and O–H groups in total. The average Bonchev–Trinajstić information content (AvgIpc) is 2.76. The Hall–Kier alpha value is -1.70. The van der Waals surface area contributed by atoms with E-state index in [-0.39, 0.29) is 18.6 Å². The normalized spacial score (nSPS) is 20.7. The van der Waals surface area contributed by atoms with Gasteiger partial charge in [-0.2, -0.15) is 0 Å². The van der Waals surface area contributed by atoms with Crippen molar-refractivity contribution in [2.45, 2.75) is 32.5 Å². The van der Waals surface area contributed by atoms with Gasteiger partial charge in [-0.1, -0.05) is 29.3 Å². The topological polar surface area (TPSA) is 93.9 Å². The molecule has 9 heteroatoms. The minimum atomic E-state index is -0.643. The smallest absolute Gasteiger partial charge is 0.410 e. The lowest BCUT2D eigenvalue weighted by atomic mass is 9.95. The molecule has 1 heterocycles. The molecular formula is C18H25Cl2N3O4. The number of nitrogens with one attached hydrogen (secondary N) is 1. The summed E-state index contributed by atoms with van der Waals surface area (Å²) in [6, 6.07) is 4.60. The summed E-state index contributed by atoms with van der Waals surface area (Å²) >= 11 is 12.1. The van der Waals surface area contributed by atoms with Crippen LogP contribution >= 0.6 is 23.2 Å². The molecule has 0 aromatic heterocycles. The molecule has 0 saturated carbocycles. The molecule has 27 heavy (non-hydrogen) atoms. The van der Waals surface area contributed by atoms with E-state index in [0.29, 0.717) is 29.7 Å². The summed E-state index contributed by atoms with van der Waals surface area (Å²) in [6.45, 7) is 6.69. The molecule has 150 valence electrons. The first-order chi connectivity index (χ1) is 12.6. The molecule has 3 amide bonds. The highest BCUT2D eigenvalue weighted by Crippen LogP contribution is 2.33. The number of carbonyl (C=O) groups is 2. The second-order valence-electron chi connectivity index (χ2n) is 7.40. The third-order valence-electron chi connectivity index (χ3n) is 4.00. The van der Waals surface area contributed by atoms with Crippen LogP contribution in [0.25, 0.3) is 0 Å². The molecular weight excluding hydrogens is 393 g/mol. The van der Waals surface area contributed by atoms with Crippen LogP contribution in [0.15, 0.2) is 18.2 Å². The summed E-state index contributed by atoms with van der Waals surface area (Å²) in [4.78, 5) is 25.3. The first-order valence-corrected chi connectivity index (χ1v) is 9.40. The minimum Gasteiger partial charge on any atom is -0.444 e. The Morgan fingerprint density at radius 2 is 2.04 bits per heavy atom. The summed E-state index contributed by atoms with van der Waals surface area (Å²) in [5.41, 5.74) is 5.43. The number of nitrogens with two attached hydrogens (primary N) is 1. The molecule has 2 rings (SSSR count). The third kappa shape index (κ3) is 6.45. The largest absolute Gasteiger partial charge is 0.444 e. The molecule has 1 aromatic carbocycles. The number of ether oxygens (including phenoxy) is 2. The van der Waals surface area contributed by atoms with E-state index in [1.807, 2.05) is 26.8 Å². The highest BCUT2D eigenvalue weighted by molar-refractivity contribution is 6.42. The number of nitrogens with zero attached hydrogens (tertiary/aromatic N) is 1. The number of primary amides is 1. The fourth-order valence-corrected chi connectivity index (χ4v) is 3.16. The number of halogens is 2. The van der Waals surface area contributed by atoms with Crippen molar-refractivity contribution in [2.75, 3.05) is 26.2 Å². The van der Waals surface area contributed by atoms with E-state index in [4.69, 9.17) is 38.4 Å². The van der Waals surface area contributed by atoms with Crippen LogP contribution in [-0.2, 0) is 9.47 Å². The van der Waals surface area contributed by atoms with Gasteiger partial charge in [0.15, 0.2) is 0 Å². The molecule has 0 aliphatic carbocycles. The SMILES string of the molecule is CC(C)(C)OC(=O)N1CCOC(c2ccc(Cl)c(Cl)c2)C(CNC(N)=O)C1. The van der Waals surface area contributed by atoms with E-state index in [0.717, 1.165) is 5.56 Å². The van der Waals surface area contributed by atoms with Crippen LogP contribution in [0.5, 0.6) is 0 Å². The van der Waals surface area contributed by atoms with E-state index in [1.165, 1.54) is 0 Å². The number of hydrogen-bond donors (Lipinski definition) is 2. The van der Waals surface area contributed by atoms with Gasteiger partial charge in [0.2, 0.25) is 0 Å². The van der Waals surface area contributed by atoms with Gasteiger partial charge in [0, 0.05) is 25.6 Å². The lowest BCUT2D eigenvalue weighted by Gasteiger charge is -2.30. The second-order valence-corrected chi connectivity index (χ2v) is 8.21. The van der Waals surface area contributed by atoms with Crippen LogP contribution < -0.4 is 11.1 Å². The summed E-state index contributed by atoms with van der Waals surface area (Å²) in [7, 11) is 0. The molecule has 0 bridgehead atoms. The standard InChI is InChI=1S/C18H25Cl2N3O4/c1-18(2,3)27-17(25)23-6-7-26-15(12(10-23)9-22-16(21)24)11-4-5-13(19)14(20)8-11/h4-5,8,12,15H,6-7,9-10H2,1-3H3,(H3,21,22,24). The number of carbonyl (C=O) groups excluding carboxylic acids is 2. The first kappa shape index (κ1) is 21.6. The zero-order chi connectivity index (χ0) is 20.2. The van der Waals surface area contributed by atoms with Crippen LogP contribution in [0.1, 0.15) is 32.4 Å². The molecule has 7 nitrogen and oxygen atoms in total. The Morgan fingerprint density at radius 3 is 2.63 bits per heavy atom. The maximum atomic E-state index is 12.5. The highest BCUT2D eigenvalue weighted by Gasteiger charge is 2.33. The number of rotatable bonds is 3. The van der Waals surface area contributed by atoms with Crippen molar-refractivity contribution in [3.8, 4) is 0 Å². The maximum Gasteiger partial charge on any atom is 0.410 e. The molecule has 2 unspecified atom stereocenters. The van der Waals surface area contributed by atoms with Gasteiger partial charge < -0.3 is 25.4 Å². The van der Waals surface area contributed by atoms with Crippen LogP contribution in [0.4, 0.5) is 9.59 Å². The molecule has 1 aromatic rings. The fraction of sp³-hybridized carbons (Fsp3) is 0.556. The Bertz CT molecular complexity index is 694. The number of urea groups is 1. The number of hydrogen-bond acceptors (Lipinski definition) is 4. The molecule has 1 fully saturated rings. The maximum absolute atomic E-state index is 12.5. The van der Waals surface area contributed by atoms with Crippen molar-refractivity contribution < 1.29 is 19.1 Å². The van der Waals surface area contributed by atoms with Gasteiger partial charge in [0.05, 0.1) is 22.8 Å². The van der Waals surface area contributed by atoms with E-state index in [2.05, 4.69) is 5.32 Å². The van der Waals surface area contributed by atoms with E-state index < -0.39 is 17.7 Å². The predicted molar refractivity (Wildman–Crippen MR) is 104 cm³/mol. The predicted octanol–water partition coefficient (Wildman–Crippen LogP) is 3.59. The third-order valence-corrected chi connectivity index (χ3v) is 4.74. The Morgan fingerprint density at radius 1 is 1.33 bits per heavy atom. The van der Waals surface area contributed by atoms with Crippen molar-refractivity contribution in [3.63, 3.8) is 0 Å². The summed E-state index contributed by atoms with van der Waals surface area (Å²) in [5, 5.41) is 3.45. The molecule has 1 saturated heterocycles. The minimum absolute atomic E-state index is 0.236. The van der Waals surface area contributed by atoms with E-state index in [9.17, 15) is 9.59 Å². The van der Waals surface area contributed by atoms with Crippen molar-refractivity contribution in [1.82, 2.24) is 10.2 Å². The van der Waals surface area contributed by atoms with E-state index >= 15 is 0 Å². The van der Waals surface area contributed by atoms with Gasteiger partial charge in [-0.15, -0.1) is 0 Å². The van der Waals surface area contributed by atoms with Gasteiger partial charge in [-0.05, 0) is 38.5 Å². The van der Waals surface area contributed by atoms with Gasteiger partial charge in [0.25, 0.3) is 0 Å². The van der Waals surface area contributed by atoms with Gasteiger partial charge in [-0.25, -0.2) is 9.59 Å². The highest BCUT2D eigenvalue weighted by atomic mass is 35.5. The lowest BCUT2D eigenvalue weighted by Crippen LogP contribution is -2.43. The monoisotopic (exact) mass is 417 g/mol. The van der Waals surface area contributed by atoms with Crippen LogP contribution in [0, 0.1) is 5.92 Å².